The second-order valence-electron chi connectivity index (χ2n) is 19.1. The van der Waals surface area contributed by atoms with Crippen LogP contribution in [0.25, 0.3) is 34.4 Å². The van der Waals surface area contributed by atoms with Crippen LogP contribution in [0.4, 0.5) is 54.8 Å². The zero-order valence-electron chi connectivity index (χ0n) is 52.7. The Labute approximate surface area is 592 Å². The van der Waals surface area contributed by atoms with E-state index in [4.69, 9.17) is 58.3 Å². The molecule has 0 aliphatic heterocycles. The number of oxime groups is 2. The number of anilines is 2. The number of alkyl halides is 6. The molecule has 8 N–H and O–H groups in total. The monoisotopic (exact) mass is 1520 g/mol. The number of sulfonamides is 1. The van der Waals surface area contributed by atoms with E-state index in [1.54, 1.807) is 63.2 Å². The van der Waals surface area contributed by atoms with Crippen LogP contribution in [-0.2, 0) is 36.3 Å². The molecule has 7 aromatic carbocycles. The molecule has 0 unspecified atom stereocenters. The molecule has 3 radical (unpaired) electrons. The van der Waals surface area contributed by atoms with Crippen LogP contribution in [0, 0.1) is 51.1 Å². The number of para-hydroxylation sites is 5. The van der Waals surface area contributed by atoms with Crippen molar-refractivity contribution in [2.45, 2.75) is 64.2 Å². The van der Waals surface area contributed by atoms with E-state index in [0.717, 1.165) is 42.0 Å². The van der Waals surface area contributed by atoms with Crippen molar-refractivity contribution >= 4 is 101 Å². The van der Waals surface area contributed by atoms with Gasteiger partial charge in [-0.2, -0.15) is 41.3 Å². The molecule has 0 aliphatic rings. The molecule has 10 aromatic rings. The number of nitrogens with two attached hydrogens (primary N) is 3. The molecule has 545 valence electrons. The molecule has 0 fully saturated rings. The molecule has 0 saturated heterocycles. The summed E-state index contributed by atoms with van der Waals surface area (Å²) in [6.45, 7) is 7.95. The zero-order chi connectivity index (χ0) is 75.6. The molecule has 3 heterocycles. The molecule has 3 aromatic heterocycles. The highest BCUT2D eigenvalue weighted by atomic mass is 35.7. The number of amidine groups is 2. The molecule has 0 bridgehead atoms. The lowest BCUT2D eigenvalue weighted by Gasteiger charge is -2.12. The molecule has 43 heteroatoms. The number of halogens is 8. The van der Waals surface area contributed by atoms with Crippen LogP contribution in [0.1, 0.15) is 72.0 Å². The number of nitrogen functional groups attached to an aromatic ring is 1. The molecule has 0 atom stereocenters. The van der Waals surface area contributed by atoms with Gasteiger partial charge in [0, 0.05) is 44.4 Å². The lowest BCUT2D eigenvalue weighted by molar-refractivity contribution is -0.385. The fourth-order valence-electron chi connectivity index (χ4n) is 7.12. The minimum absolute atomic E-state index is 0. The highest BCUT2D eigenvalue weighted by Crippen LogP contribution is 2.34. The predicted octanol–water partition coefficient (Wildman–Crippen LogP) is 13.3. The van der Waals surface area contributed by atoms with E-state index in [1.807, 2.05) is 18.2 Å². The van der Waals surface area contributed by atoms with Crippen molar-refractivity contribution in [2.24, 2.45) is 21.8 Å². The summed E-state index contributed by atoms with van der Waals surface area (Å²) < 4.78 is 138. The largest absolute Gasteiger partial charge is 0.416 e. The van der Waals surface area contributed by atoms with Crippen molar-refractivity contribution in [1.82, 2.24) is 30.4 Å². The van der Waals surface area contributed by atoms with E-state index in [0.29, 0.717) is 52.3 Å². The molecular formula is C60H57BCl2F6N15O17S2. The van der Waals surface area contributed by atoms with Gasteiger partial charge in [0.15, 0.2) is 17.5 Å². The van der Waals surface area contributed by atoms with Gasteiger partial charge in [-0.3, -0.25) is 39.9 Å². The molecular weight excluding hydrogens is 1460 g/mol. The van der Waals surface area contributed by atoms with E-state index >= 15 is 0 Å². The van der Waals surface area contributed by atoms with Crippen LogP contribution < -0.4 is 21.9 Å². The quantitative estimate of drug-likeness (QED) is 0.00684. The number of aromatic nitrogens is 6. The third-order valence-corrected chi connectivity index (χ3v) is 14.4. The third-order valence-electron chi connectivity index (χ3n) is 11.5. The molecule has 0 aliphatic carbocycles. The molecule has 32 nitrogen and oxygen atoms in total. The van der Waals surface area contributed by atoms with Crippen LogP contribution in [0.2, 0.25) is 0 Å². The number of hydrogen-bond donors (Lipinski definition) is 5. The van der Waals surface area contributed by atoms with Gasteiger partial charge in [-0.1, -0.05) is 106 Å². The van der Waals surface area contributed by atoms with Gasteiger partial charge in [0.05, 0.1) is 52.5 Å². The first-order valence-electron chi connectivity index (χ1n) is 27.3. The van der Waals surface area contributed by atoms with Crippen molar-refractivity contribution < 1.29 is 92.6 Å². The number of hydrogen-bond acceptors (Lipinski definition) is 26. The standard InChI is InChI=1S/C16H12F3N3O3S.C9H9N3O4.C9H7N3O3.C9H9N3O.C7H4ClF3O2S.C7H4ClNO3.C2H6N2O.CH4.B.H2/c1-10-20-15(25-21-10)13-7-2-3-8-14(13)22-26(23,24)12-6-4-5-11(9-12)16(17,18)19;1-6(10)11-16-9(13)7-4-2-3-5-8(7)12(14)15;1-6-10-9(15-11-6)7-4-2-3-5-8(7)12(13)14;1-6-11-9(13-12-6)7-4-2-3-5-8(7)10;8-14(12,13)6-3-1-2-5(4-6)7(9,10)11;8-7(10)5-3-1-2-4-6(5)9(11)12;1-2(3)4-5;;;/h2-9,22H,1H3;2-5H,1H3,(H2,10,11);2-5H,1H3;2-5H,10H2,1H3;1-4H;1-4H;5H,1H3,(H2,3,4);1H4;;1H/i;;;;;;;;;1+1. The van der Waals surface area contributed by atoms with Gasteiger partial charge in [-0.15, -0.1) is 0 Å². The SMILES string of the molecule is C.C/C(N)=N\O.C/C(N)=N\OC(=O)c1ccccc1[N+](=O)[O-].Cc1noc(-c2ccccc2N)n1.Cc1noc(-c2ccccc2NS(=O)(=O)c2cccc(C(F)(F)F)c2)n1.Cc1noc(-c2ccccc2[N+](=O)[O-])n1.O=C(Cl)c1ccccc1[N+](=O)[O-].O=S(=O)(Cl)c1cccc(C(F)(F)F)c1.[2HH].[B]. The normalized spacial score (nSPS) is 11.0. The number of carbonyl (C=O) groups is 2. The summed E-state index contributed by atoms with van der Waals surface area (Å²) in [5.41, 5.74) is 14.9. The maximum atomic E-state index is 12.8. The van der Waals surface area contributed by atoms with Crippen LogP contribution in [0.5, 0.6) is 0 Å². The van der Waals surface area contributed by atoms with Crippen LogP contribution >= 0.6 is 22.3 Å². The molecule has 10 rings (SSSR count). The maximum Gasteiger partial charge on any atom is 0.416 e. The Morgan fingerprint density at radius 2 is 0.942 bits per heavy atom. The predicted molar refractivity (Wildman–Crippen MR) is 364 cm³/mol. The van der Waals surface area contributed by atoms with Crippen LogP contribution in [0.15, 0.2) is 204 Å². The van der Waals surface area contributed by atoms with Gasteiger partial charge < -0.3 is 40.8 Å². The minimum atomic E-state index is -4.65. The Balaban J connectivity index is 0.000000624. The Morgan fingerprint density at radius 1 is 0.573 bits per heavy atom. The first-order chi connectivity index (χ1) is 47.2. The summed E-state index contributed by atoms with van der Waals surface area (Å²) in [5, 5.41) is 55.2. The molecule has 0 saturated carbocycles. The van der Waals surface area contributed by atoms with E-state index in [1.165, 1.54) is 74.5 Å². The third kappa shape index (κ3) is 27.8. The summed E-state index contributed by atoms with van der Waals surface area (Å²) in [4.78, 5) is 67.2. The lowest BCUT2D eigenvalue weighted by atomic mass is 10.2. The average molecular weight is 1520 g/mol. The molecule has 0 amide bonds. The number of carbonyl (C=O) groups excluding carboxylic acids is 2. The Kier molecular flexibility index (Phi) is 33.3. The minimum Gasteiger partial charge on any atom is -0.409 e. The summed E-state index contributed by atoms with van der Waals surface area (Å²) in [7, 11) is -3.49. The summed E-state index contributed by atoms with van der Waals surface area (Å²) in [6.07, 6.45) is -9.22. The first-order valence-corrected chi connectivity index (χ1v) is 31.5. The Morgan fingerprint density at radius 3 is 1.34 bits per heavy atom. The Hall–Kier alpha value is -12.2. The summed E-state index contributed by atoms with van der Waals surface area (Å²) in [5.74, 6) is 1.45. The van der Waals surface area contributed by atoms with Crippen molar-refractivity contribution in [3.05, 3.63) is 240 Å². The molecule has 0 spiro atoms. The smallest absolute Gasteiger partial charge is 0.409 e. The van der Waals surface area contributed by atoms with Gasteiger partial charge >= 0.3 is 18.3 Å². The van der Waals surface area contributed by atoms with Crippen LogP contribution in [0.3, 0.4) is 0 Å². The van der Waals surface area contributed by atoms with E-state index in [2.05, 4.69) is 50.3 Å². The number of rotatable bonds is 13. The number of nitro groups is 3. The number of nitrogens with zero attached hydrogens (tertiary/aromatic N) is 11. The van der Waals surface area contributed by atoms with Crippen molar-refractivity contribution in [1.29, 1.82) is 0 Å². The summed E-state index contributed by atoms with van der Waals surface area (Å²) >= 11 is 5.11. The van der Waals surface area contributed by atoms with Crippen molar-refractivity contribution in [3.63, 3.8) is 0 Å². The van der Waals surface area contributed by atoms with Gasteiger partial charge in [0.1, 0.15) is 28.4 Å². The van der Waals surface area contributed by atoms with E-state index in [-0.39, 0.29) is 74.6 Å². The maximum absolute atomic E-state index is 12.8. The second-order valence-corrected chi connectivity index (χ2v) is 23.7. The van der Waals surface area contributed by atoms with Crippen molar-refractivity contribution in [2.75, 3.05) is 10.5 Å². The number of benzene rings is 7. The summed E-state index contributed by atoms with van der Waals surface area (Å²) in [6, 6.07) is 37.5. The van der Waals surface area contributed by atoms with Gasteiger partial charge in [-0.05, 0) is 125 Å². The highest BCUT2D eigenvalue weighted by molar-refractivity contribution is 8.13. The second kappa shape index (κ2) is 39.5. The number of nitro benzene ring substituents is 3. The van der Waals surface area contributed by atoms with Gasteiger partial charge in [-0.25, -0.2) is 21.6 Å². The van der Waals surface area contributed by atoms with Crippen LogP contribution in [-0.4, -0.2) is 98.5 Å². The zero-order valence-corrected chi connectivity index (χ0v) is 55.9. The number of nitrogens with one attached hydrogen (secondary N) is 1. The lowest BCUT2D eigenvalue weighted by Crippen LogP contribution is -2.15. The van der Waals surface area contributed by atoms with Crippen molar-refractivity contribution in [3.8, 4) is 34.4 Å². The highest BCUT2D eigenvalue weighted by Gasteiger charge is 2.33. The number of aryl methyl sites for hydroxylation is 3. The van der Waals surface area contributed by atoms with Gasteiger partial charge in [0.25, 0.3) is 59.1 Å². The first kappa shape index (κ1) is 86.9. The fourth-order valence-corrected chi connectivity index (χ4v) is 9.20. The van der Waals surface area contributed by atoms with E-state index in [9.17, 15) is 83.1 Å². The average Bonchev–Trinajstić information content (AvgIpc) is 1.03. The fraction of sp³-hybridized carbons (Fsp3) is 0.133. The molecule has 103 heavy (non-hydrogen) atoms. The van der Waals surface area contributed by atoms with E-state index < -0.39 is 78.3 Å². The Bertz CT molecular complexity index is 4830. The van der Waals surface area contributed by atoms with Gasteiger partial charge in [0.2, 0.25) is 0 Å². The topological polar surface area (TPSA) is 493 Å².